The number of carbonyl (C=O) groups is 2. The summed E-state index contributed by atoms with van der Waals surface area (Å²) in [6.07, 6.45) is 6.02. The van der Waals surface area contributed by atoms with Gasteiger partial charge in [0.15, 0.2) is 0 Å². The molecule has 3 aromatic carbocycles. The molecule has 0 unspecified atom stereocenters. The first-order valence-corrected chi connectivity index (χ1v) is 16.4. The van der Waals surface area contributed by atoms with Crippen LogP contribution in [0.5, 0.6) is 0 Å². The number of carbonyl (C=O) groups excluding carboxylic acids is 2. The van der Waals surface area contributed by atoms with E-state index in [0.717, 1.165) is 60.4 Å². The second kappa shape index (κ2) is 14.4. The second-order valence-corrected chi connectivity index (χ2v) is 13.3. The van der Waals surface area contributed by atoms with E-state index in [1.54, 1.807) is 18.2 Å². The van der Waals surface area contributed by atoms with Gasteiger partial charge in [-0.05, 0) is 60.4 Å². The Kier molecular flexibility index (Phi) is 10.9. The smallest absolute Gasteiger partial charge is 0.244 e. The highest BCUT2D eigenvalue weighted by Gasteiger charge is 2.34. The Morgan fingerprint density at radius 2 is 1.64 bits per heavy atom. The largest absolute Gasteiger partial charge is 0.352 e. The first-order chi connectivity index (χ1) is 20.0. The molecule has 7 nitrogen and oxygen atoms in total. The Balaban J connectivity index is 1.74. The molecule has 224 valence electrons. The Labute approximate surface area is 256 Å². The molecule has 1 atom stereocenters. The molecule has 0 radical (unpaired) electrons. The van der Waals surface area contributed by atoms with Crippen LogP contribution in [0.2, 0.25) is 10.0 Å². The topological polar surface area (TPSA) is 86.8 Å². The van der Waals surface area contributed by atoms with Crippen LogP contribution in [0.1, 0.15) is 43.2 Å². The molecule has 4 rings (SSSR count). The van der Waals surface area contributed by atoms with Gasteiger partial charge in [0.2, 0.25) is 21.8 Å². The Morgan fingerprint density at radius 3 is 2.26 bits per heavy atom. The van der Waals surface area contributed by atoms with E-state index >= 15 is 0 Å². The predicted molar refractivity (Wildman–Crippen MR) is 165 cm³/mol. The van der Waals surface area contributed by atoms with Crippen LogP contribution in [-0.2, 0) is 32.6 Å². The minimum atomic E-state index is -3.95. The summed E-state index contributed by atoms with van der Waals surface area (Å²) in [5.41, 5.74) is 1.51. The molecule has 0 spiro atoms. The minimum Gasteiger partial charge on any atom is -0.352 e. The Bertz CT molecular complexity index is 1480. The second-order valence-electron chi connectivity index (χ2n) is 10.6. The lowest BCUT2D eigenvalue weighted by Gasteiger charge is -2.35. The van der Waals surface area contributed by atoms with Gasteiger partial charge >= 0.3 is 0 Å². The molecule has 42 heavy (non-hydrogen) atoms. The van der Waals surface area contributed by atoms with Crippen LogP contribution in [0.4, 0.5) is 10.1 Å². The number of nitrogens with one attached hydrogen (secondary N) is 1. The van der Waals surface area contributed by atoms with E-state index in [9.17, 15) is 22.4 Å². The number of amides is 2. The van der Waals surface area contributed by atoms with Gasteiger partial charge in [-0.15, -0.1) is 0 Å². The number of anilines is 1. The molecule has 0 saturated heterocycles. The van der Waals surface area contributed by atoms with Gasteiger partial charge in [-0.1, -0.05) is 78.9 Å². The van der Waals surface area contributed by atoms with Crippen molar-refractivity contribution in [2.75, 3.05) is 17.1 Å². The third-order valence-corrected chi connectivity index (χ3v) is 9.10. The molecule has 11 heteroatoms. The van der Waals surface area contributed by atoms with Gasteiger partial charge in [-0.2, -0.15) is 0 Å². The highest BCUT2D eigenvalue weighted by molar-refractivity contribution is 7.92. The fourth-order valence-corrected chi connectivity index (χ4v) is 6.47. The number of hydrogen-bond acceptors (Lipinski definition) is 4. The SMILES string of the molecule is CS(=O)(=O)N(CC(=O)N(Cc1ccc(Cl)cc1Cl)[C@H](Cc1ccccc1)C(=O)NC1CCCCC1)c1ccc(F)cc1. The van der Waals surface area contributed by atoms with E-state index in [1.165, 1.54) is 17.0 Å². The molecular weight excluding hydrogens is 600 g/mol. The molecule has 1 saturated carbocycles. The first-order valence-electron chi connectivity index (χ1n) is 13.8. The van der Waals surface area contributed by atoms with Crippen LogP contribution in [0, 0.1) is 5.82 Å². The van der Waals surface area contributed by atoms with Crippen molar-refractivity contribution in [1.82, 2.24) is 10.2 Å². The van der Waals surface area contributed by atoms with Gasteiger partial charge in [0.1, 0.15) is 18.4 Å². The summed E-state index contributed by atoms with van der Waals surface area (Å²) in [6, 6.07) is 18.1. The molecule has 1 fully saturated rings. The van der Waals surface area contributed by atoms with Gasteiger partial charge < -0.3 is 10.2 Å². The summed E-state index contributed by atoms with van der Waals surface area (Å²) >= 11 is 12.6. The highest BCUT2D eigenvalue weighted by atomic mass is 35.5. The van der Waals surface area contributed by atoms with Crippen molar-refractivity contribution in [2.24, 2.45) is 0 Å². The van der Waals surface area contributed by atoms with Crippen molar-refractivity contribution in [2.45, 2.75) is 57.2 Å². The number of sulfonamides is 1. The predicted octanol–water partition coefficient (Wildman–Crippen LogP) is 5.99. The molecule has 3 aromatic rings. The maximum Gasteiger partial charge on any atom is 0.244 e. The molecule has 0 aliphatic heterocycles. The van der Waals surface area contributed by atoms with E-state index in [0.29, 0.717) is 15.6 Å². The van der Waals surface area contributed by atoms with Crippen LogP contribution in [0.3, 0.4) is 0 Å². The van der Waals surface area contributed by atoms with E-state index < -0.39 is 34.3 Å². The van der Waals surface area contributed by atoms with Crippen LogP contribution >= 0.6 is 23.2 Å². The molecule has 1 aliphatic rings. The summed E-state index contributed by atoms with van der Waals surface area (Å²) in [6.45, 7) is -0.664. The number of benzene rings is 3. The minimum absolute atomic E-state index is 0.00710. The van der Waals surface area contributed by atoms with E-state index in [2.05, 4.69) is 5.32 Å². The third kappa shape index (κ3) is 8.69. The van der Waals surface area contributed by atoms with Crippen LogP contribution in [0.25, 0.3) is 0 Å². The van der Waals surface area contributed by atoms with E-state index in [1.807, 2.05) is 30.3 Å². The maximum absolute atomic E-state index is 14.1. The molecular formula is C31H34Cl2FN3O4S. The monoisotopic (exact) mass is 633 g/mol. The quantitative estimate of drug-likeness (QED) is 0.281. The van der Waals surface area contributed by atoms with Gasteiger partial charge in [0, 0.05) is 29.1 Å². The number of nitrogens with zero attached hydrogens (tertiary/aromatic N) is 2. The fraction of sp³-hybridized carbons (Fsp3) is 0.355. The average Bonchev–Trinajstić information content (AvgIpc) is 2.95. The standard InChI is InChI=1S/C31H34Cl2FN3O4S/c1-42(40,41)37(27-16-14-25(34)15-17-27)21-30(38)36(20-23-12-13-24(32)19-28(23)33)29(18-22-8-4-2-5-9-22)31(39)35-26-10-6-3-7-11-26/h2,4-5,8-9,12-17,19,26,29H,3,6-7,10-11,18,20-21H2,1H3,(H,35,39)/t29-/m1/s1. The molecule has 1 aliphatic carbocycles. The first kappa shape index (κ1) is 31.8. The molecule has 1 N–H and O–H groups in total. The van der Waals surface area contributed by atoms with Crippen LogP contribution in [0.15, 0.2) is 72.8 Å². The maximum atomic E-state index is 14.1. The summed E-state index contributed by atoms with van der Waals surface area (Å²) in [5, 5.41) is 3.87. The number of halogens is 3. The van der Waals surface area contributed by atoms with Gasteiger partial charge in [0.05, 0.1) is 11.9 Å². The van der Waals surface area contributed by atoms with Crippen molar-refractivity contribution >= 4 is 50.7 Å². The van der Waals surface area contributed by atoms with Crippen molar-refractivity contribution < 1.29 is 22.4 Å². The number of hydrogen-bond donors (Lipinski definition) is 1. The normalized spacial score (nSPS) is 14.7. The molecule has 0 bridgehead atoms. The Hall–Kier alpha value is -3.14. The molecule has 0 heterocycles. The average molecular weight is 635 g/mol. The van der Waals surface area contributed by atoms with Gasteiger partial charge in [-0.25, -0.2) is 12.8 Å². The molecule has 2 amide bonds. The summed E-state index contributed by atoms with van der Waals surface area (Å²) < 4.78 is 40.2. The summed E-state index contributed by atoms with van der Waals surface area (Å²) in [7, 11) is -3.95. The Morgan fingerprint density at radius 1 is 0.976 bits per heavy atom. The van der Waals surface area contributed by atoms with Crippen LogP contribution < -0.4 is 9.62 Å². The lowest BCUT2D eigenvalue weighted by molar-refractivity contribution is -0.140. The zero-order valence-electron chi connectivity index (χ0n) is 23.3. The van der Waals surface area contributed by atoms with E-state index in [-0.39, 0.29) is 30.6 Å². The fourth-order valence-electron chi connectivity index (χ4n) is 5.15. The van der Waals surface area contributed by atoms with Crippen molar-refractivity contribution in [3.05, 3.63) is 99.8 Å². The zero-order valence-corrected chi connectivity index (χ0v) is 25.6. The lowest BCUT2D eigenvalue weighted by atomic mass is 9.94. The molecule has 0 aromatic heterocycles. The van der Waals surface area contributed by atoms with Crippen LogP contribution in [-0.4, -0.2) is 50.0 Å². The van der Waals surface area contributed by atoms with Gasteiger partial charge in [0.25, 0.3) is 0 Å². The van der Waals surface area contributed by atoms with Gasteiger partial charge in [-0.3, -0.25) is 13.9 Å². The van der Waals surface area contributed by atoms with Crippen molar-refractivity contribution in [3.8, 4) is 0 Å². The van der Waals surface area contributed by atoms with Crippen molar-refractivity contribution in [1.29, 1.82) is 0 Å². The zero-order chi connectivity index (χ0) is 30.3. The summed E-state index contributed by atoms with van der Waals surface area (Å²) in [4.78, 5) is 29.5. The summed E-state index contributed by atoms with van der Waals surface area (Å²) in [5.74, 6) is -1.48. The highest BCUT2D eigenvalue weighted by Crippen LogP contribution is 2.26. The lowest BCUT2D eigenvalue weighted by Crippen LogP contribution is -2.55. The number of rotatable bonds is 11. The van der Waals surface area contributed by atoms with E-state index in [4.69, 9.17) is 23.2 Å². The van der Waals surface area contributed by atoms with Crippen molar-refractivity contribution in [3.63, 3.8) is 0 Å². The third-order valence-electron chi connectivity index (χ3n) is 7.37.